The molecular weight excluding hydrogens is 256 g/mol. The van der Waals surface area contributed by atoms with Crippen molar-refractivity contribution in [3.63, 3.8) is 0 Å². The van der Waals surface area contributed by atoms with Crippen LogP contribution in [0.4, 0.5) is 0 Å². The Balaban J connectivity index is 2.00. The van der Waals surface area contributed by atoms with Crippen LogP contribution in [0.2, 0.25) is 0 Å². The van der Waals surface area contributed by atoms with Crippen LogP contribution in [0.5, 0.6) is 0 Å². The van der Waals surface area contributed by atoms with Crippen molar-refractivity contribution in [2.75, 3.05) is 7.05 Å². The first-order chi connectivity index (χ1) is 9.22. The number of thiazole rings is 1. The van der Waals surface area contributed by atoms with Gasteiger partial charge in [0.25, 0.3) is 0 Å². The van der Waals surface area contributed by atoms with Crippen LogP contribution in [0.1, 0.15) is 29.9 Å². The van der Waals surface area contributed by atoms with E-state index in [1.807, 2.05) is 13.2 Å². The minimum atomic E-state index is 0.388. The second-order valence-electron chi connectivity index (χ2n) is 4.79. The summed E-state index contributed by atoms with van der Waals surface area (Å²) in [7, 11) is 2.01. The molecule has 2 rings (SSSR count). The van der Waals surface area contributed by atoms with Gasteiger partial charge >= 0.3 is 0 Å². The maximum atomic E-state index is 4.54. The number of nitrogens with zero attached hydrogens (tertiary/aromatic N) is 3. The van der Waals surface area contributed by atoms with E-state index in [2.05, 4.69) is 45.3 Å². The van der Waals surface area contributed by atoms with E-state index in [0.717, 1.165) is 36.6 Å². The van der Waals surface area contributed by atoms with Gasteiger partial charge in [-0.3, -0.25) is 0 Å². The van der Waals surface area contributed by atoms with Gasteiger partial charge in [-0.25, -0.2) is 9.97 Å². The normalized spacial score (nSPS) is 12.8. The summed E-state index contributed by atoms with van der Waals surface area (Å²) in [6.45, 7) is 5.29. The maximum Gasteiger partial charge on any atom is 0.110 e. The molecule has 0 fully saturated rings. The van der Waals surface area contributed by atoms with Crippen molar-refractivity contribution in [3.05, 3.63) is 34.3 Å². The molecule has 104 valence electrons. The molecule has 0 aliphatic carbocycles. The molecule has 19 heavy (non-hydrogen) atoms. The average molecular weight is 278 g/mol. The number of aromatic nitrogens is 3. The lowest BCUT2D eigenvalue weighted by molar-refractivity contribution is 0.516. The molecule has 1 unspecified atom stereocenters. The van der Waals surface area contributed by atoms with Crippen LogP contribution in [-0.2, 0) is 19.4 Å². The van der Waals surface area contributed by atoms with Crippen molar-refractivity contribution in [1.29, 1.82) is 0 Å². The third kappa shape index (κ3) is 3.88. The minimum Gasteiger partial charge on any atom is -0.335 e. The van der Waals surface area contributed by atoms with Crippen LogP contribution in [0.25, 0.3) is 0 Å². The Morgan fingerprint density at radius 3 is 2.89 bits per heavy atom. The van der Waals surface area contributed by atoms with E-state index >= 15 is 0 Å². The molecule has 0 aliphatic rings. The molecule has 4 nitrogen and oxygen atoms in total. The Morgan fingerprint density at radius 2 is 2.26 bits per heavy atom. The molecule has 0 saturated carbocycles. The van der Waals surface area contributed by atoms with Gasteiger partial charge in [-0.05, 0) is 20.4 Å². The summed E-state index contributed by atoms with van der Waals surface area (Å²) in [5, 5.41) is 6.67. The van der Waals surface area contributed by atoms with Crippen LogP contribution in [-0.4, -0.2) is 27.6 Å². The fraction of sp³-hybridized carbons (Fsp3) is 0.571. The first-order valence-corrected chi connectivity index (χ1v) is 7.69. The quantitative estimate of drug-likeness (QED) is 0.846. The number of hydrogen-bond acceptors (Lipinski definition) is 4. The van der Waals surface area contributed by atoms with Crippen molar-refractivity contribution in [2.24, 2.45) is 0 Å². The summed E-state index contributed by atoms with van der Waals surface area (Å²) in [6.07, 6.45) is 7.00. The van der Waals surface area contributed by atoms with E-state index < -0.39 is 0 Å². The molecule has 0 aromatic carbocycles. The van der Waals surface area contributed by atoms with Crippen LogP contribution >= 0.6 is 11.3 Å². The lowest BCUT2D eigenvalue weighted by Crippen LogP contribution is -2.31. The van der Waals surface area contributed by atoms with Crippen molar-refractivity contribution in [1.82, 2.24) is 19.9 Å². The van der Waals surface area contributed by atoms with Gasteiger partial charge in [0.2, 0.25) is 0 Å². The van der Waals surface area contributed by atoms with Gasteiger partial charge in [-0.15, -0.1) is 11.3 Å². The fourth-order valence-corrected chi connectivity index (χ4v) is 2.85. The summed E-state index contributed by atoms with van der Waals surface area (Å²) in [6, 6.07) is 0.388. The Bertz CT molecular complexity index is 503. The predicted octanol–water partition coefficient (Wildman–Crippen LogP) is 2.43. The Labute approximate surface area is 118 Å². The molecule has 0 amide bonds. The van der Waals surface area contributed by atoms with E-state index in [1.54, 1.807) is 11.3 Å². The molecular formula is C14H22N4S. The molecule has 0 radical (unpaired) electrons. The summed E-state index contributed by atoms with van der Waals surface area (Å²) >= 11 is 1.72. The molecule has 0 saturated heterocycles. The van der Waals surface area contributed by atoms with Crippen molar-refractivity contribution in [2.45, 2.75) is 45.7 Å². The highest BCUT2D eigenvalue weighted by Gasteiger charge is 2.13. The molecule has 2 aromatic heterocycles. The van der Waals surface area contributed by atoms with Crippen LogP contribution in [0.15, 0.2) is 17.8 Å². The predicted molar refractivity (Wildman–Crippen MR) is 79.6 cm³/mol. The summed E-state index contributed by atoms with van der Waals surface area (Å²) in [4.78, 5) is 9.01. The lowest BCUT2D eigenvalue weighted by Gasteiger charge is -2.15. The van der Waals surface area contributed by atoms with Gasteiger partial charge in [-0.2, -0.15) is 0 Å². The van der Waals surface area contributed by atoms with E-state index in [4.69, 9.17) is 0 Å². The topological polar surface area (TPSA) is 42.7 Å². The smallest absolute Gasteiger partial charge is 0.110 e. The first-order valence-electron chi connectivity index (χ1n) is 6.81. The Hall–Kier alpha value is -1.20. The number of hydrogen-bond donors (Lipinski definition) is 1. The fourth-order valence-electron chi connectivity index (χ4n) is 2.23. The largest absolute Gasteiger partial charge is 0.335 e. The number of nitrogens with one attached hydrogen (secondary N) is 1. The average Bonchev–Trinajstić information content (AvgIpc) is 2.99. The highest BCUT2D eigenvalue weighted by atomic mass is 32.1. The highest BCUT2D eigenvalue weighted by Crippen LogP contribution is 2.12. The van der Waals surface area contributed by atoms with E-state index in [0.29, 0.717) is 6.04 Å². The van der Waals surface area contributed by atoms with Gasteiger partial charge in [0.05, 0.1) is 10.7 Å². The molecule has 0 spiro atoms. The standard InChI is InChI=1S/C14H22N4S/c1-4-6-18-7-5-16-14(18)9-12(15-3)8-13-10-19-11(2)17-13/h5,7,10,12,15H,4,6,8-9H2,1-3H3. The van der Waals surface area contributed by atoms with Crippen LogP contribution in [0.3, 0.4) is 0 Å². The molecule has 2 aromatic rings. The summed E-state index contributed by atoms with van der Waals surface area (Å²) in [5.74, 6) is 1.16. The van der Waals surface area contributed by atoms with Crippen molar-refractivity contribution < 1.29 is 0 Å². The van der Waals surface area contributed by atoms with Crippen LogP contribution in [0, 0.1) is 6.92 Å². The molecule has 0 aliphatic heterocycles. The van der Waals surface area contributed by atoms with E-state index in [9.17, 15) is 0 Å². The van der Waals surface area contributed by atoms with E-state index in [-0.39, 0.29) is 0 Å². The second-order valence-corrected chi connectivity index (χ2v) is 5.85. The zero-order chi connectivity index (χ0) is 13.7. The molecule has 1 atom stereocenters. The third-order valence-electron chi connectivity index (χ3n) is 3.23. The molecule has 5 heteroatoms. The minimum absolute atomic E-state index is 0.388. The highest BCUT2D eigenvalue weighted by molar-refractivity contribution is 7.09. The third-order valence-corrected chi connectivity index (χ3v) is 4.05. The number of imidazole rings is 1. The number of rotatable bonds is 7. The van der Waals surface area contributed by atoms with E-state index in [1.165, 1.54) is 5.69 Å². The van der Waals surface area contributed by atoms with Crippen molar-refractivity contribution >= 4 is 11.3 Å². The zero-order valence-corrected chi connectivity index (χ0v) is 12.7. The second kappa shape index (κ2) is 6.82. The number of aryl methyl sites for hydroxylation is 2. The summed E-state index contributed by atoms with van der Waals surface area (Å²) in [5.41, 5.74) is 1.18. The van der Waals surface area contributed by atoms with Gasteiger partial charge in [0, 0.05) is 43.2 Å². The lowest BCUT2D eigenvalue weighted by atomic mass is 10.1. The van der Waals surface area contributed by atoms with Gasteiger partial charge in [0.1, 0.15) is 5.82 Å². The zero-order valence-electron chi connectivity index (χ0n) is 11.9. The molecule has 2 heterocycles. The monoisotopic (exact) mass is 278 g/mol. The van der Waals surface area contributed by atoms with Gasteiger partial charge < -0.3 is 9.88 Å². The Kier molecular flexibility index (Phi) is 5.10. The SMILES string of the molecule is CCCn1ccnc1CC(Cc1csc(C)n1)NC. The molecule has 1 N–H and O–H groups in total. The first kappa shape index (κ1) is 14.2. The van der Waals surface area contributed by atoms with Gasteiger partial charge in [-0.1, -0.05) is 6.92 Å². The number of likely N-dealkylation sites (N-methyl/N-ethyl adjacent to an activating group) is 1. The van der Waals surface area contributed by atoms with Crippen LogP contribution < -0.4 is 5.32 Å². The summed E-state index contributed by atoms with van der Waals surface area (Å²) < 4.78 is 2.25. The maximum absolute atomic E-state index is 4.54. The van der Waals surface area contributed by atoms with Gasteiger partial charge in [0.15, 0.2) is 0 Å². The molecule has 0 bridgehead atoms. The Morgan fingerprint density at radius 1 is 1.42 bits per heavy atom. The van der Waals surface area contributed by atoms with Crippen molar-refractivity contribution in [3.8, 4) is 0 Å².